The second-order valence-corrected chi connectivity index (χ2v) is 12.3. The summed E-state index contributed by atoms with van der Waals surface area (Å²) in [7, 11) is -2.19. The van der Waals surface area contributed by atoms with Crippen LogP contribution in [0.3, 0.4) is 0 Å². The summed E-state index contributed by atoms with van der Waals surface area (Å²) in [5.74, 6) is 1.34. The van der Waals surface area contributed by atoms with Gasteiger partial charge in [0.1, 0.15) is 11.5 Å². The molecule has 1 atom stereocenters. The van der Waals surface area contributed by atoms with Gasteiger partial charge in [-0.1, -0.05) is 11.6 Å². The molecule has 4 rings (SSSR count). The number of aryl methyl sites for hydroxylation is 1. The summed E-state index contributed by atoms with van der Waals surface area (Å²) in [6.45, 7) is 4.33. The fourth-order valence-corrected chi connectivity index (χ4v) is 6.81. The van der Waals surface area contributed by atoms with Gasteiger partial charge in [-0.15, -0.1) is 0 Å². The summed E-state index contributed by atoms with van der Waals surface area (Å²) in [5, 5.41) is 0.659. The van der Waals surface area contributed by atoms with Crippen LogP contribution in [0, 0.1) is 12.3 Å². The third-order valence-corrected chi connectivity index (χ3v) is 9.52. The summed E-state index contributed by atoms with van der Waals surface area (Å²) in [4.78, 5) is 15.5. The van der Waals surface area contributed by atoms with E-state index in [0.717, 1.165) is 37.9 Å². The number of sulfonamides is 1. The molecule has 2 aromatic carbocycles. The summed E-state index contributed by atoms with van der Waals surface area (Å²) < 4.78 is 40.0. The minimum atomic E-state index is -3.73. The van der Waals surface area contributed by atoms with E-state index in [-0.39, 0.29) is 30.4 Å². The van der Waals surface area contributed by atoms with Crippen molar-refractivity contribution in [3.05, 3.63) is 53.1 Å². The van der Waals surface area contributed by atoms with Gasteiger partial charge in [0.25, 0.3) is 0 Å². The van der Waals surface area contributed by atoms with Crippen molar-refractivity contribution in [2.45, 2.75) is 50.3 Å². The molecule has 2 aliphatic rings. The van der Waals surface area contributed by atoms with Crippen molar-refractivity contribution in [3.8, 4) is 11.5 Å². The van der Waals surface area contributed by atoms with Crippen molar-refractivity contribution < 1.29 is 22.7 Å². The van der Waals surface area contributed by atoms with Crippen molar-refractivity contribution in [1.82, 2.24) is 9.21 Å². The van der Waals surface area contributed by atoms with Gasteiger partial charge in [-0.05, 0) is 87.1 Å². The molecule has 2 aliphatic heterocycles. The fraction of sp³-hybridized carbons (Fsp3) is 0.519. The number of methoxy groups -OCH3 is 1. The third-order valence-electron chi connectivity index (χ3n) is 7.23. The van der Waals surface area contributed by atoms with Crippen molar-refractivity contribution in [2.75, 3.05) is 39.9 Å². The monoisotopic (exact) mass is 534 g/mol. The van der Waals surface area contributed by atoms with Gasteiger partial charge >= 0.3 is 0 Å². The van der Waals surface area contributed by atoms with E-state index < -0.39 is 15.4 Å². The van der Waals surface area contributed by atoms with Crippen LogP contribution < -0.4 is 9.47 Å². The quantitative estimate of drug-likeness (QED) is 0.481. The van der Waals surface area contributed by atoms with E-state index in [1.165, 1.54) is 4.31 Å². The highest BCUT2D eigenvalue weighted by Crippen LogP contribution is 2.38. The number of halogens is 1. The van der Waals surface area contributed by atoms with Gasteiger partial charge in [0, 0.05) is 43.0 Å². The number of hydrogen-bond donors (Lipinski definition) is 0. The Kier molecular flexibility index (Phi) is 8.48. The molecule has 9 heteroatoms. The number of ether oxygens (including phenoxy) is 2. The average molecular weight is 535 g/mol. The Morgan fingerprint density at radius 3 is 2.36 bits per heavy atom. The summed E-state index contributed by atoms with van der Waals surface area (Å²) in [6, 6.07) is 11.9. The maximum atomic E-state index is 13.6. The van der Waals surface area contributed by atoms with E-state index in [1.807, 2.05) is 24.0 Å². The van der Waals surface area contributed by atoms with Crippen LogP contribution in [0.15, 0.2) is 47.4 Å². The first-order valence-corrected chi connectivity index (χ1v) is 14.4. The van der Waals surface area contributed by atoms with Gasteiger partial charge in [0.05, 0.1) is 18.6 Å². The minimum Gasteiger partial charge on any atom is -0.497 e. The molecule has 0 saturated carbocycles. The Labute approximate surface area is 219 Å². The zero-order valence-electron chi connectivity index (χ0n) is 21.0. The molecule has 0 aromatic heterocycles. The SMILES string of the molecule is COc1ccc(S(=O)(=O)N2CCC[C@](COc3ccc(Cl)c(C)c3)(CC(=O)N3CCCCC3)C2)cc1. The smallest absolute Gasteiger partial charge is 0.243 e. The topological polar surface area (TPSA) is 76.1 Å². The molecule has 0 spiro atoms. The number of hydrogen-bond acceptors (Lipinski definition) is 5. The van der Waals surface area contributed by atoms with Crippen LogP contribution in [0.1, 0.15) is 44.1 Å². The molecular formula is C27H35ClN2O5S. The third kappa shape index (κ3) is 6.15. The summed E-state index contributed by atoms with van der Waals surface area (Å²) >= 11 is 6.17. The standard InChI is InChI=1S/C27H35ClN2O5S/c1-21-17-23(9-12-25(21)28)35-20-27(18-26(31)29-14-4-3-5-15-29)13-6-16-30(19-27)36(32,33)24-10-7-22(34-2)8-11-24/h7-12,17H,3-6,13-16,18-20H2,1-2H3/t27-/m0/s1. The Morgan fingerprint density at radius 1 is 1.00 bits per heavy atom. The second-order valence-electron chi connectivity index (χ2n) is 9.94. The zero-order valence-corrected chi connectivity index (χ0v) is 22.6. The first-order valence-electron chi connectivity index (χ1n) is 12.5. The maximum absolute atomic E-state index is 13.6. The molecular weight excluding hydrogens is 500 g/mol. The molecule has 2 saturated heterocycles. The normalized spacial score (nSPS) is 21.2. The number of likely N-dealkylation sites (tertiary alicyclic amines) is 1. The molecule has 2 heterocycles. The largest absolute Gasteiger partial charge is 0.497 e. The summed E-state index contributed by atoms with van der Waals surface area (Å²) in [5.41, 5.74) is 0.278. The van der Waals surface area contributed by atoms with Crippen LogP contribution in [0.4, 0.5) is 0 Å². The first kappa shape index (κ1) is 26.8. The van der Waals surface area contributed by atoms with Gasteiger partial charge in [0.2, 0.25) is 15.9 Å². The number of carbonyl (C=O) groups excluding carboxylic acids is 1. The van der Waals surface area contributed by atoms with Gasteiger partial charge in [-0.2, -0.15) is 4.31 Å². The van der Waals surface area contributed by atoms with Crippen molar-refractivity contribution in [2.24, 2.45) is 5.41 Å². The number of carbonyl (C=O) groups is 1. The fourth-order valence-electron chi connectivity index (χ4n) is 5.10. The number of piperidine rings is 2. The van der Waals surface area contributed by atoms with Crippen molar-refractivity contribution >= 4 is 27.5 Å². The average Bonchev–Trinajstić information content (AvgIpc) is 2.90. The Morgan fingerprint density at radius 2 is 1.69 bits per heavy atom. The Bertz CT molecular complexity index is 1170. The molecule has 2 aromatic rings. The molecule has 36 heavy (non-hydrogen) atoms. The molecule has 0 bridgehead atoms. The molecule has 7 nitrogen and oxygen atoms in total. The molecule has 0 N–H and O–H groups in total. The van der Waals surface area contributed by atoms with Gasteiger partial charge < -0.3 is 14.4 Å². The molecule has 0 unspecified atom stereocenters. The molecule has 0 aliphatic carbocycles. The Balaban J connectivity index is 1.58. The molecule has 0 radical (unpaired) electrons. The highest BCUT2D eigenvalue weighted by molar-refractivity contribution is 7.89. The van der Waals surface area contributed by atoms with E-state index in [9.17, 15) is 13.2 Å². The van der Waals surface area contributed by atoms with Crippen LogP contribution >= 0.6 is 11.6 Å². The maximum Gasteiger partial charge on any atom is 0.243 e. The van der Waals surface area contributed by atoms with E-state index in [1.54, 1.807) is 37.4 Å². The van der Waals surface area contributed by atoms with Crippen LogP contribution in [0.25, 0.3) is 0 Å². The van der Waals surface area contributed by atoms with E-state index in [4.69, 9.17) is 21.1 Å². The highest BCUT2D eigenvalue weighted by Gasteiger charge is 2.43. The van der Waals surface area contributed by atoms with Crippen LogP contribution in [-0.4, -0.2) is 63.4 Å². The zero-order chi connectivity index (χ0) is 25.8. The second kappa shape index (κ2) is 11.4. The number of benzene rings is 2. The molecule has 1 amide bonds. The van der Waals surface area contributed by atoms with Crippen LogP contribution in [0.2, 0.25) is 5.02 Å². The lowest BCUT2D eigenvalue weighted by atomic mass is 9.78. The van der Waals surface area contributed by atoms with Gasteiger partial charge in [-0.3, -0.25) is 4.79 Å². The van der Waals surface area contributed by atoms with Gasteiger partial charge in [0.15, 0.2) is 0 Å². The van der Waals surface area contributed by atoms with Crippen molar-refractivity contribution in [1.29, 1.82) is 0 Å². The van der Waals surface area contributed by atoms with Crippen molar-refractivity contribution in [3.63, 3.8) is 0 Å². The predicted molar refractivity (Wildman–Crippen MR) is 140 cm³/mol. The Hall–Kier alpha value is -2.29. The lowest BCUT2D eigenvalue weighted by Gasteiger charge is -2.42. The predicted octanol–water partition coefficient (Wildman–Crippen LogP) is 4.91. The van der Waals surface area contributed by atoms with E-state index in [0.29, 0.717) is 35.9 Å². The molecule has 2 fully saturated rings. The van der Waals surface area contributed by atoms with Crippen LogP contribution in [-0.2, 0) is 14.8 Å². The summed E-state index contributed by atoms with van der Waals surface area (Å²) in [6.07, 6.45) is 4.80. The molecule has 196 valence electrons. The number of rotatable bonds is 8. The lowest BCUT2D eigenvalue weighted by Crippen LogP contribution is -2.51. The van der Waals surface area contributed by atoms with Crippen LogP contribution in [0.5, 0.6) is 11.5 Å². The van der Waals surface area contributed by atoms with Gasteiger partial charge in [-0.25, -0.2) is 8.42 Å². The number of amides is 1. The van der Waals surface area contributed by atoms with E-state index >= 15 is 0 Å². The highest BCUT2D eigenvalue weighted by atomic mass is 35.5. The number of nitrogens with zero attached hydrogens (tertiary/aromatic N) is 2. The first-order chi connectivity index (χ1) is 17.2. The van der Waals surface area contributed by atoms with E-state index in [2.05, 4.69) is 0 Å². The minimum absolute atomic E-state index is 0.0780. The lowest BCUT2D eigenvalue weighted by molar-refractivity contribution is -0.136.